The third-order valence-corrected chi connectivity index (χ3v) is 10.2. The van der Waals surface area contributed by atoms with Gasteiger partial charge in [0.25, 0.3) is 5.91 Å². The molecule has 1 saturated heterocycles. The van der Waals surface area contributed by atoms with E-state index >= 15 is 0 Å². The first-order valence-electron chi connectivity index (χ1n) is 17.5. The Morgan fingerprint density at radius 1 is 1.07 bits per heavy atom. The number of nitrogens with one attached hydrogen (secondary N) is 2. The van der Waals surface area contributed by atoms with Crippen molar-refractivity contribution < 1.29 is 18.8 Å². The lowest BCUT2D eigenvalue weighted by atomic mass is 9.90. The van der Waals surface area contributed by atoms with Gasteiger partial charge < -0.3 is 14.6 Å². The van der Waals surface area contributed by atoms with E-state index in [4.69, 9.17) is 16.0 Å². The lowest BCUT2D eigenvalue weighted by Crippen LogP contribution is -2.39. The number of anilines is 2. The molecule has 2 N–H and O–H groups in total. The maximum atomic E-state index is 13.1. The van der Waals surface area contributed by atoms with Crippen LogP contribution in [-0.4, -0.2) is 50.4 Å². The molecule has 6 aromatic rings. The minimum Gasteiger partial charge on any atom is -0.464 e. The topological polar surface area (TPSA) is 144 Å². The smallest absolute Gasteiger partial charge is 0.328 e. The maximum Gasteiger partial charge on any atom is 0.328 e. The van der Waals surface area contributed by atoms with Crippen LogP contribution in [0.15, 0.2) is 70.3 Å². The molecule has 0 aliphatic carbocycles. The Bertz CT molecular complexity index is 2640. The normalized spacial score (nSPS) is 14.3. The first-order valence-corrected chi connectivity index (χ1v) is 17.9. The summed E-state index contributed by atoms with van der Waals surface area (Å²) in [6, 6.07) is 13.2. The van der Waals surface area contributed by atoms with Crippen LogP contribution in [0.4, 0.5) is 11.4 Å². The Hall–Kier alpha value is -6.19. The van der Waals surface area contributed by atoms with Gasteiger partial charge in [-0.25, -0.2) is 4.79 Å². The molecule has 13 heteroatoms. The van der Waals surface area contributed by atoms with Gasteiger partial charge in [-0.1, -0.05) is 37.3 Å². The third-order valence-electron chi connectivity index (χ3n) is 9.95. The second kappa shape index (κ2) is 14.3. The van der Waals surface area contributed by atoms with Crippen molar-refractivity contribution >= 4 is 62.7 Å². The summed E-state index contributed by atoms with van der Waals surface area (Å²) in [5.41, 5.74) is 8.54. The largest absolute Gasteiger partial charge is 0.464 e. The van der Waals surface area contributed by atoms with E-state index in [2.05, 4.69) is 52.4 Å². The van der Waals surface area contributed by atoms with Crippen molar-refractivity contribution in [2.24, 2.45) is 14.1 Å². The summed E-state index contributed by atoms with van der Waals surface area (Å²) in [5, 5.41) is 6.38. The van der Waals surface area contributed by atoms with Crippen LogP contribution in [0.5, 0.6) is 0 Å². The quantitative estimate of drug-likeness (QED) is 0.145. The highest BCUT2D eigenvalue weighted by Gasteiger charge is 2.30. The molecule has 7 rings (SSSR count). The van der Waals surface area contributed by atoms with Crippen molar-refractivity contribution in [2.45, 2.75) is 45.4 Å². The van der Waals surface area contributed by atoms with Gasteiger partial charge in [0.05, 0.1) is 52.4 Å². The number of imidazole rings is 1. The number of hydrogen-bond acceptors (Lipinski definition) is 8. The molecule has 2 aromatic carbocycles. The molecule has 0 saturated carbocycles. The fourth-order valence-electron chi connectivity index (χ4n) is 6.96. The van der Waals surface area contributed by atoms with E-state index in [1.165, 1.54) is 0 Å². The van der Waals surface area contributed by atoms with Crippen LogP contribution in [0.1, 0.15) is 71.3 Å². The molecule has 1 aliphatic rings. The fraction of sp³-hybridized carbons (Fsp3) is 0.268. The number of imide groups is 1. The zero-order chi connectivity index (χ0) is 38.4. The van der Waals surface area contributed by atoms with Gasteiger partial charge in [0, 0.05) is 61.5 Å². The van der Waals surface area contributed by atoms with Gasteiger partial charge in [-0.15, -0.1) is 0 Å². The van der Waals surface area contributed by atoms with Crippen LogP contribution >= 0.6 is 11.6 Å². The number of benzene rings is 2. The van der Waals surface area contributed by atoms with Gasteiger partial charge in [0.1, 0.15) is 11.3 Å². The zero-order valence-corrected chi connectivity index (χ0v) is 31.5. The molecule has 274 valence electrons. The number of nitrogens with zero attached hydrogens (tertiary/aromatic N) is 5. The van der Waals surface area contributed by atoms with Crippen molar-refractivity contribution in [3.05, 3.63) is 105 Å². The van der Waals surface area contributed by atoms with E-state index in [9.17, 15) is 19.2 Å². The number of carbonyl (C=O) groups excluding carboxylic acids is 3. The average molecular weight is 744 g/mol. The summed E-state index contributed by atoms with van der Waals surface area (Å²) in [6.45, 7) is 6.10. The Morgan fingerprint density at radius 2 is 1.87 bits per heavy atom. The number of carbonyl (C=O) groups is 3. The van der Waals surface area contributed by atoms with Crippen LogP contribution in [-0.2, 0) is 23.7 Å². The Morgan fingerprint density at radius 3 is 2.59 bits per heavy atom. The summed E-state index contributed by atoms with van der Waals surface area (Å²) in [5.74, 6) is 4.77. The minimum absolute atomic E-state index is 0.0776. The SMILES string of the molecule is Cc1cc(-c2ncc(N(C)c3cc(C(C)C)c4c(c3)n(C)c(=O)n4C)cc2Cl)cnc1C(=O)NCC#Cc1ccc2occ(C3CCC(=O)NC3=O)c2c1. The molecule has 3 amide bonds. The van der Waals surface area contributed by atoms with E-state index in [0.29, 0.717) is 45.0 Å². The molecule has 0 spiro atoms. The first kappa shape index (κ1) is 36.2. The number of hydrogen-bond donors (Lipinski definition) is 2. The summed E-state index contributed by atoms with van der Waals surface area (Å²) in [6.07, 6.45) is 5.56. The van der Waals surface area contributed by atoms with Crippen molar-refractivity contribution in [3.8, 4) is 23.1 Å². The molecule has 4 aromatic heterocycles. The number of piperidine rings is 1. The number of halogens is 1. The molecule has 5 heterocycles. The highest BCUT2D eigenvalue weighted by atomic mass is 35.5. The summed E-state index contributed by atoms with van der Waals surface area (Å²) < 4.78 is 9.00. The second-order valence-corrected chi connectivity index (χ2v) is 14.2. The molecule has 1 atom stereocenters. The first-order chi connectivity index (χ1) is 25.8. The van der Waals surface area contributed by atoms with Crippen LogP contribution in [0.3, 0.4) is 0 Å². The summed E-state index contributed by atoms with van der Waals surface area (Å²) in [4.78, 5) is 61.0. The van der Waals surface area contributed by atoms with E-state index in [0.717, 1.165) is 33.4 Å². The van der Waals surface area contributed by atoms with Crippen LogP contribution in [0.2, 0.25) is 5.02 Å². The van der Waals surface area contributed by atoms with E-state index in [1.807, 2.05) is 36.2 Å². The monoisotopic (exact) mass is 743 g/mol. The van der Waals surface area contributed by atoms with Crippen molar-refractivity contribution in [3.63, 3.8) is 0 Å². The molecule has 1 unspecified atom stereocenters. The molecular weight excluding hydrogens is 706 g/mol. The van der Waals surface area contributed by atoms with Gasteiger partial charge in [-0.05, 0) is 72.9 Å². The molecular formula is C41H38ClN7O5. The number of rotatable bonds is 7. The van der Waals surface area contributed by atoms with E-state index < -0.39 is 5.92 Å². The zero-order valence-electron chi connectivity index (χ0n) is 30.7. The molecule has 1 fully saturated rings. The highest BCUT2D eigenvalue weighted by molar-refractivity contribution is 6.33. The lowest BCUT2D eigenvalue weighted by molar-refractivity contribution is -0.134. The maximum absolute atomic E-state index is 13.1. The minimum atomic E-state index is -0.472. The van der Waals surface area contributed by atoms with Crippen molar-refractivity contribution in [1.82, 2.24) is 29.7 Å². The second-order valence-electron chi connectivity index (χ2n) is 13.8. The van der Waals surface area contributed by atoms with Crippen molar-refractivity contribution in [2.75, 3.05) is 18.5 Å². The van der Waals surface area contributed by atoms with Gasteiger partial charge in [0.15, 0.2) is 0 Å². The number of furan rings is 1. The standard InChI is InChI=1S/C41H38ClN7O5/c1-22(2)29-16-26(18-33-38(29)49(6)41(53)48(33)5)47(4)27-17-32(42)37(45-20-27)25-14-23(3)36(44-19-25)40(52)43-13-7-8-24-9-11-34-30(15-24)31(21-54-34)28-10-12-35(50)46-39(28)51/h9,11,14-22,28H,10,12-13H2,1-6H3,(H,43,52)(H,46,50,51). The molecule has 0 bridgehead atoms. The third kappa shape index (κ3) is 6.63. The van der Waals surface area contributed by atoms with E-state index in [-0.39, 0.29) is 48.0 Å². The van der Waals surface area contributed by atoms with Gasteiger partial charge in [0.2, 0.25) is 11.8 Å². The summed E-state index contributed by atoms with van der Waals surface area (Å²) >= 11 is 6.80. The number of fused-ring (bicyclic) bond motifs is 2. The van der Waals surface area contributed by atoms with Gasteiger partial charge in [-0.3, -0.25) is 38.8 Å². The Kier molecular flexibility index (Phi) is 9.60. The summed E-state index contributed by atoms with van der Waals surface area (Å²) in [7, 11) is 5.50. The van der Waals surface area contributed by atoms with E-state index in [1.54, 1.807) is 60.9 Å². The highest BCUT2D eigenvalue weighted by Crippen LogP contribution is 2.36. The molecule has 1 aliphatic heterocycles. The average Bonchev–Trinajstić information content (AvgIpc) is 3.66. The van der Waals surface area contributed by atoms with Crippen molar-refractivity contribution in [1.29, 1.82) is 0 Å². The Labute approximate surface area is 316 Å². The number of pyridine rings is 2. The lowest BCUT2D eigenvalue weighted by Gasteiger charge is -2.22. The predicted octanol–water partition coefficient (Wildman–Crippen LogP) is 6.24. The van der Waals surface area contributed by atoms with Crippen LogP contribution in [0, 0.1) is 18.8 Å². The number of amides is 3. The fourth-order valence-corrected chi connectivity index (χ4v) is 7.23. The Balaban J connectivity index is 1.04. The van der Waals surface area contributed by atoms with Gasteiger partial charge in [-0.2, -0.15) is 0 Å². The number of aryl methyl sites for hydroxylation is 3. The van der Waals surface area contributed by atoms with Gasteiger partial charge >= 0.3 is 5.69 Å². The predicted molar refractivity (Wildman–Crippen MR) is 208 cm³/mol. The van der Waals surface area contributed by atoms with Crippen LogP contribution < -0.4 is 21.2 Å². The van der Waals surface area contributed by atoms with Crippen LogP contribution in [0.25, 0.3) is 33.3 Å². The molecule has 0 radical (unpaired) electrons. The number of aromatic nitrogens is 4. The molecule has 12 nitrogen and oxygen atoms in total. The molecule has 54 heavy (non-hydrogen) atoms.